The fourth-order valence-corrected chi connectivity index (χ4v) is 3.71. The van der Waals surface area contributed by atoms with Crippen molar-refractivity contribution < 1.29 is 0 Å². The highest BCUT2D eigenvalue weighted by atomic mass is 32.1. The van der Waals surface area contributed by atoms with Crippen molar-refractivity contribution >= 4 is 32.6 Å². The molecule has 0 radical (unpaired) electrons. The summed E-state index contributed by atoms with van der Waals surface area (Å²) in [5.41, 5.74) is 5.15. The molecule has 4 heterocycles. The fourth-order valence-electron chi connectivity index (χ4n) is 2.99. The van der Waals surface area contributed by atoms with Crippen molar-refractivity contribution in [2.24, 2.45) is 0 Å². The molecule has 0 spiro atoms. The van der Waals surface area contributed by atoms with Crippen LogP contribution in [0.4, 0.5) is 0 Å². The summed E-state index contributed by atoms with van der Waals surface area (Å²) in [4.78, 5) is 24.2. The average Bonchev–Trinajstić information content (AvgIpc) is 3.36. The zero-order chi connectivity index (χ0) is 18.4. The molecule has 0 bridgehead atoms. The van der Waals surface area contributed by atoms with E-state index in [0.717, 1.165) is 21.3 Å². The van der Waals surface area contributed by atoms with E-state index in [2.05, 4.69) is 26.1 Å². The van der Waals surface area contributed by atoms with Gasteiger partial charge in [-0.1, -0.05) is 6.07 Å². The number of thiazole rings is 1. The van der Waals surface area contributed by atoms with Crippen molar-refractivity contribution in [1.29, 1.82) is 5.26 Å². The van der Waals surface area contributed by atoms with Crippen LogP contribution in [-0.4, -0.2) is 24.7 Å². The highest BCUT2D eigenvalue weighted by molar-refractivity contribution is 7.16. The van der Waals surface area contributed by atoms with Gasteiger partial charge in [0, 0.05) is 17.8 Å². The van der Waals surface area contributed by atoms with E-state index in [0.29, 0.717) is 22.4 Å². The van der Waals surface area contributed by atoms with Crippen LogP contribution in [0.15, 0.2) is 59.2 Å². The molecule has 0 saturated carbocycles. The first kappa shape index (κ1) is 15.4. The lowest BCUT2D eigenvalue weighted by Crippen LogP contribution is -2.07. The second-order valence-corrected chi connectivity index (χ2v) is 6.80. The molecule has 1 N–H and O–H groups in total. The number of nitrogens with one attached hydrogen (secondary N) is 1. The zero-order valence-electron chi connectivity index (χ0n) is 13.7. The minimum Gasteiger partial charge on any atom is -0.346 e. The summed E-state index contributed by atoms with van der Waals surface area (Å²) >= 11 is 1.55. The number of aromatic nitrogens is 5. The number of benzene rings is 1. The maximum absolute atomic E-state index is 12.3. The monoisotopic (exact) mass is 370 g/mol. The number of hydrogen-bond donors (Lipinski definition) is 1. The smallest absolute Gasteiger partial charge is 0.191 e. The lowest BCUT2D eigenvalue weighted by Gasteiger charge is -2.11. The number of pyridine rings is 2. The Balaban J connectivity index is 1.84. The van der Waals surface area contributed by atoms with Crippen LogP contribution in [0.25, 0.3) is 38.2 Å². The molecule has 1 aromatic carbocycles. The van der Waals surface area contributed by atoms with Crippen LogP contribution in [0.1, 0.15) is 5.56 Å². The largest absolute Gasteiger partial charge is 0.346 e. The molecule has 0 amide bonds. The van der Waals surface area contributed by atoms with Gasteiger partial charge >= 0.3 is 0 Å². The normalized spacial score (nSPS) is 11.1. The number of aromatic amines is 1. The Kier molecular flexibility index (Phi) is 3.35. The summed E-state index contributed by atoms with van der Waals surface area (Å²) in [6.07, 6.45) is 4.66. The number of nitrogens with zero attached hydrogens (tertiary/aromatic N) is 5. The molecule has 0 aliphatic rings. The van der Waals surface area contributed by atoms with Gasteiger partial charge in [-0.3, -0.25) is 4.79 Å². The molecule has 5 rings (SSSR count). The quantitative estimate of drug-likeness (QED) is 0.514. The summed E-state index contributed by atoms with van der Waals surface area (Å²) in [6, 6.07) is 11.3. The first-order valence-electron chi connectivity index (χ1n) is 8.04. The van der Waals surface area contributed by atoms with Gasteiger partial charge < -0.3 is 4.98 Å². The Bertz CT molecular complexity index is 1420. The summed E-state index contributed by atoms with van der Waals surface area (Å²) in [7, 11) is 0. The van der Waals surface area contributed by atoms with E-state index in [1.54, 1.807) is 33.9 Å². The first-order valence-corrected chi connectivity index (χ1v) is 8.92. The van der Waals surface area contributed by atoms with E-state index in [9.17, 15) is 4.79 Å². The van der Waals surface area contributed by atoms with E-state index in [-0.39, 0.29) is 5.43 Å². The second kappa shape index (κ2) is 5.86. The Morgan fingerprint density at radius 3 is 3.00 bits per heavy atom. The van der Waals surface area contributed by atoms with Gasteiger partial charge in [0.15, 0.2) is 11.2 Å². The van der Waals surface area contributed by atoms with Crippen LogP contribution in [0.5, 0.6) is 0 Å². The molecule has 0 aliphatic heterocycles. The van der Waals surface area contributed by atoms with Gasteiger partial charge in [0.05, 0.1) is 39.1 Å². The van der Waals surface area contributed by atoms with Crippen molar-refractivity contribution in [2.45, 2.75) is 0 Å². The Morgan fingerprint density at radius 1 is 1.22 bits per heavy atom. The highest BCUT2D eigenvalue weighted by Gasteiger charge is 2.15. The van der Waals surface area contributed by atoms with Gasteiger partial charge in [-0.05, 0) is 23.8 Å². The van der Waals surface area contributed by atoms with Gasteiger partial charge in [-0.2, -0.15) is 10.4 Å². The number of nitriles is 1. The highest BCUT2D eigenvalue weighted by Crippen LogP contribution is 2.31. The zero-order valence-corrected chi connectivity index (χ0v) is 14.6. The van der Waals surface area contributed by atoms with Crippen LogP contribution in [0, 0.1) is 11.3 Å². The van der Waals surface area contributed by atoms with Gasteiger partial charge in [-0.15, -0.1) is 11.3 Å². The molecule has 5 aromatic rings. The van der Waals surface area contributed by atoms with E-state index < -0.39 is 0 Å². The lowest BCUT2D eigenvalue weighted by molar-refractivity contribution is 0.852. The minimum atomic E-state index is -0.110. The van der Waals surface area contributed by atoms with Gasteiger partial charge in [0.2, 0.25) is 0 Å². The molecule has 0 unspecified atom stereocenters. The summed E-state index contributed by atoms with van der Waals surface area (Å²) in [5.74, 6) is 0.537. The summed E-state index contributed by atoms with van der Waals surface area (Å²) in [5, 5.41) is 13.9. The number of hydrogen-bond acceptors (Lipinski definition) is 6. The number of H-pyrrole nitrogens is 1. The molecule has 0 fully saturated rings. The fraction of sp³-hybridized carbons (Fsp3) is 0. The maximum Gasteiger partial charge on any atom is 0.191 e. The standard InChI is InChI=1S/C19H10N6OS/c20-7-11-8-23-25(9-11)19-13(6-14-16(26)3-4-21-18(14)24-19)12-1-2-15-17(5-12)27-10-22-15/h1-6,8-10H,(H,21,24,26). The third-order valence-electron chi connectivity index (χ3n) is 4.29. The Hall–Kier alpha value is -3.83. The lowest BCUT2D eigenvalue weighted by atomic mass is 10.0. The van der Waals surface area contributed by atoms with Gasteiger partial charge in [0.25, 0.3) is 0 Å². The van der Waals surface area contributed by atoms with Gasteiger partial charge in [0.1, 0.15) is 11.7 Å². The van der Waals surface area contributed by atoms with Crippen LogP contribution >= 0.6 is 11.3 Å². The third-order valence-corrected chi connectivity index (χ3v) is 5.09. The molecule has 128 valence electrons. The number of fused-ring (bicyclic) bond motifs is 2. The van der Waals surface area contributed by atoms with Crippen molar-refractivity contribution in [3.63, 3.8) is 0 Å². The topological polar surface area (TPSA) is 100 Å². The predicted octanol–water partition coefficient (Wildman–Crippen LogP) is 3.26. The van der Waals surface area contributed by atoms with E-state index in [1.807, 2.05) is 24.3 Å². The molecule has 7 nitrogen and oxygen atoms in total. The van der Waals surface area contributed by atoms with E-state index in [4.69, 9.17) is 5.26 Å². The van der Waals surface area contributed by atoms with E-state index >= 15 is 0 Å². The van der Waals surface area contributed by atoms with E-state index in [1.165, 1.54) is 12.3 Å². The molecular formula is C19H10N6OS. The molecule has 27 heavy (non-hydrogen) atoms. The molecule has 0 saturated heterocycles. The third kappa shape index (κ3) is 2.49. The SMILES string of the molecule is N#Cc1cnn(-c2nc3[nH]ccc(=O)c3cc2-c2ccc3ncsc3c2)c1. The van der Waals surface area contributed by atoms with Crippen LogP contribution in [0.3, 0.4) is 0 Å². The molecular weight excluding hydrogens is 360 g/mol. The Morgan fingerprint density at radius 2 is 2.15 bits per heavy atom. The van der Waals surface area contributed by atoms with Gasteiger partial charge in [-0.25, -0.2) is 14.6 Å². The van der Waals surface area contributed by atoms with Crippen molar-refractivity contribution in [3.05, 3.63) is 70.2 Å². The van der Waals surface area contributed by atoms with Crippen molar-refractivity contribution in [2.75, 3.05) is 0 Å². The first-order chi connectivity index (χ1) is 13.2. The average molecular weight is 370 g/mol. The van der Waals surface area contributed by atoms with Crippen LogP contribution < -0.4 is 5.43 Å². The summed E-state index contributed by atoms with van der Waals surface area (Å²) < 4.78 is 2.59. The molecule has 8 heteroatoms. The van der Waals surface area contributed by atoms with Crippen LogP contribution in [-0.2, 0) is 0 Å². The number of rotatable bonds is 2. The van der Waals surface area contributed by atoms with Crippen LogP contribution in [0.2, 0.25) is 0 Å². The molecule has 4 aromatic heterocycles. The van der Waals surface area contributed by atoms with Crippen molar-refractivity contribution in [3.8, 4) is 23.0 Å². The Labute approximate surface area is 156 Å². The maximum atomic E-state index is 12.3. The van der Waals surface area contributed by atoms with Crippen molar-refractivity contribution in [1.82, 2.24) is 24.7 Å². The molecule has 0 atom stereocenters. The summed E-state index contributed by atoms with van der Waals surface area (Å²) in [6.45, 7) is 0. The minimum absolute atomic E-state index is 0.110. The predicted molar refractivity (Wildman–Crippen MR) is 103 cm³/mol. The molecule has 0 aliphatic carbocycles. The second-order valence-electron chi connectivity index (χ2n) is 5.92.